The zero-order chi connectivity index (χ0) is 15.8. The lowest BCUT2D eigenvalue weighted by Crippen LogP contribution is -2.25. The van der Waals surface area contributed by atoms with Gasteiger partial charge in [0.2, 0.25) is 10.0 Å². The second kappa shape index (κ2) is 5.56. The molecule has 0 saturated carbocycles. The van der Waals surface area contributed by atoms with E-state index in [0.717, 1.165) is 11.3 Å². The molecular formula is C13H14N2O4S3. The summed E-state index contributed by atoms with van der Waals surface area (Å²) in [7, 11) is -6.92. The summed E-state index contributed by atoms with van der Waals surface area (Å²) in [5.41, 5.74) is 0.817. The summed E-state index contributed by atoms with van der Waals surface area (Å²) in [6.45, 7) is 0.420. The Hall–Kier alpha value is -1.58. The minimum atomic E-state index is -3.64. The maximum atomic E-state index is 12.2. The second-order valence-corrected chi connectivity index (χ2v) is 9.70. The van der Waals surface area contributed by atoms with Crippen LogP contribution in [0.25, 0.3) is 0 Å². The number of anilines is 2. The van der Waals surface area contributed by atoms with E-state index in [9.17, 15) is 16.8 Å². The van der Waals surface area contributed by atoms with Crippen molar-refractivity contribution in [2.45, 2.75) is 10.6 Å². The third-order valence-corrected chi connectivity index (χ3v) is 7.89. The maximum Gasteiger partial charge on any atom is 0.271 e. The molecule has 9 heteroatoms. The van der Waals surface area contributed by atoms with E-state index in [1.165, 1.54) is 16.4 Å². The van der Waals surface area contributed by atoms with Crippen LogP contribution < -0.4 is 9.03 Å². The molecule has 1 saturated heterocycles. The Kier molecular flexibility index (Phi) is 3.87. The van der Waals surface area contributed by atoms with E-state index in [-0.39, 0.29) is 9.96 Å². The van der Waals surface area contributed by atoms with E-state index in [0.29, 0.717) is 24.3 Å². The fourth-order valence-corrected chi connectivity index (χ4v) is 5.87. The summed E-state index contributed by atoms with van der Waals surface area (Å²) in [5.74, 6) is 0.123. The van der Waals surface area contributed by atoms with Crippen molar-refractivity contribution >= 4 is 42.8 Å². The van der Waals surface area contributed by atoms with Crippen LogP contribution in [0.3, 0.4) is 0 Å². The second-order valence-electron chi connectivity index (χ2n) is 4.83. The number of sulfonamides is 2. The monoisotopic (exact) mass is 358 g/mol. The first kappa shape index (κ1) is 15.3. The molecule has 1 fully saturated rings. The van der Waals surface area contributed by atoms with E-state index in [4.69, 9.17) is 0 Å². The molecule has 3 rings (SSSR count). The third-order valence-electron chi connectivity index (χ3n) is 3.25. The van der Waals surface area contributed by atoms with Gasteiger partial charge in [-0.1, -0.05) is 12.1 Å². The zero-order valence-electron chi connectivity index (χ0n) is 11.5. The van der Waals surface area contributed by atoms with Crippen LogP contribution in [0.2, 0.25) is 0 Å². The minimum Gasteiger partial charge on any atom is -0.279 e. The van der Waals surface area contributed by atoms with Crippen LogP contribution in [0.1, 0.15) is 6.42 Å². The average molecular weight is 358 g/mol. The van der Waals surface area contributed by atoms with Gasteiger partial charge in [-0.2, -0.15) is 0 Å². The highest BCUT2D eigenvalue weighted by Gasteiger charge is 2.28. The molecule has 6 nitrogen and oxygen atoms in total. The van der Waals surface area contributed by atoms with Gasteiger partial charge in [0.15, 0.2) is 0 Å². The van der Waals surface area contributed by atoms with Crippen LogP contribution in [0.5, 0.6) is 0 Å². The first-order valence-corrected chi connectivity index (χ1v) is 10.5. The number of nitrogens with one attached hydrogen (secondary N) is 1. The summed E-state index contributed by atoms with van der Waals surface area (Å²) in [6, 6.07) is 9.60. The standard InChI is InChI=1S/C13H14N2O4S3/c16-21(17)9-3-7-15(21)12-5-1-4-11(10-12)14-22(18,19)13-6-2-8-20-13/h1-2,4-6,8,10,14H,3,7,9H2. The highest BCUT2D eigenvalue weighted by atomic mass is 32.2. The van der Waals surface area contributed by atoms with Crippen LogP contribution in [0.4, 0.5) is 11.4 Å². The van der Waals surface area contributed by atoms with Crippen molar-refractivity contribution in [1.29, 1.82) is 0 Å². The fraction of sp³-hybridized carbons (Fsp3) is 0.231. The molecule has 0 aliphatic carbocycles. The van der Waals surface area contributed by atoms with Crippen LogP contribution >= 0.6 is 11.3 Å². The predicted molar refractivity (Wildman–Crippen MR) is 87.3 cm³/mol. The van der Waals surface area contributed by atoms with E-state index in [1.807, 2.05) is 0 Å². The lowest BCUT2D eigenvalue weighted by atomic mass is 10.3. The van der Waals surface area contributed by atoms with E-state index < -0.39 is 20.0 Å². The predicted octanol–water partition coefficient (Wildman–Crippen LogP) is 2.09. The molecule has 1 aliphatic heterocycles. The number of hydrogen-bond donors (Lipinski definition) is 1. The number of benzene rings is 1. The zero-order valence-corrected chi connectivity index (χ0v) is 13.9. The molecule has 0 bridgehead atoms. The Morgan fingerprint density at radius 3 is 2.64 bits per heavy atom. The van der Waals surface area contributed by atoms with Gasteiger partial charge >= 0.3 is 0 Å². The molecule has 0 amide bonds. The minimum absolute atomic E-state index is 0.123. The highest BCUT2D eigenvalue weighted by Crippen LogP contribution is 2.28. The molecule has 22 heavy (non-hydrogen) atoms. The van der Waals surface area contributed by atoms with Crippen molar-refractivity contribution < 1.29 is 16.8 Å². The first-order valence-electron chi connectivity index (χ1n) is 6.55. The fourth-order valence-electron chi connectivity index (χ4n) is 2.28. The summed E-state index contributed by atoms with van der Waals surface area (Å²) in [6.07, 6.45) is 0.577. The first-order chi connectivity index (χ1) is 10.4. The third kappa shape index (κ3) is 2.96. The smallest absolute Gasteiger partial charge is 0.271 e. The van der Waals surface area contributed by atoms with Crippen molar-refractivity contribution in [1.82, 2.24) is 0 Å². The highest BCUT2D eigenvalue weighted by molar-refractivity contribution is 7.94. The van der Waals surface area contributed by atoms with Gasteiger partial charge < -0.3 is 0 Å². The average Bonchev–Trinajstić information content (AvgIpc) is 3.07. The molecule has 0 radical (unpaired) electrons. The summed E-state index contributed by atoms with van der Waals surface area (Å²) in [5, 5.41) is 1.68. The van der Waals surface area contributed by atoms with Crippen LogP contribution in [-0.4, -0.2) is 29.1 Å². The molecule has 1 aromatic carbocycles. The molecule has 1 aliphatic rings. The molecular weight excluding hydrogens is 344 g/mol. The molecule has 1 N–H and O–H groups in total. The largest absolute Gasteiger partial charge is 0.279 e. The maximum absolute atomic E-state index is 12.2. The summed E-state index contributed by atoms with van der Waals surface area (Å²) >= 11 is 1.12. The molecule has 0 atom stereocenters. The molecule has 2 aromatic rings. The van der Waals surface area contributed by atoms with Gasteiger partial charge in [-0.05, 0) is 36.1 Å². The Morgan fingerprint density at radius 1 is 1.18 bits per heavy atom. The van der Waals surface area contributed by atoms with Crippen molar-refractivity contribution in [3.05, 3.63) is 41.8 Å². The molecule has 0 unspecified atom stereocenters. The van der Waals surface area contributed by atoms with Gasteiger partial charge in [-0.15, -0.1) is 11.3 Å². The van der Waals surface area contributed by atoms with Gasteiger partial charge in [-0.25, -0.2) is 16.8 Å². The van der Waals surface area contributed by atoms with E-state index in [2.05, 4.69) is 4.72 Å². The van der Waals surface area contributed by atoms with Crippen LogP contribution in [0.15, 0.2) is 46.0 Å². The van der Waals surface area contributed by atoms with Crippen molar-refractivity contribution in [2.75, 3.05) is 21.3 Å². The number of rotatable bonds is 4. The summed E-state index contributed by atoms with van der Waals surface area (Å²) in [4.78, 5) is 0. The Bertz CT molecular complexity index is 874. The molecule has 118 valence electrons. The quantitative estimate of drug-likeness (QED) is 0.907. The van der Waals surface area contributed by atoms with Crippen molar-refractivity contribution in [3.8, 4) is 0 Å². The van der Waals surface area contributed by atoms with Gasteiger partial charge in [0, 0.05) is 6.54 Å². The Labute approximate surface area is 133 Å². The Morgan fingerprint density at radius 2 is 2.00 bits per heavy atom. The van der Waals surface area contributed by atoms with Crippen molar-refractivity contribution in [2.24, 2.45) is 0 Å². The lowest BCUT2D eigenvalue weighted by Gasteiger charge is -2.17. The van der Waals surface area contributed by atoms with Gasteiger partial charge in [-0.3, -0.25) is 9.03 Å². The molecule has 0 spiro atoms. The number of nitrogens with zero attached hydrogens (tertiary/aromatic N) is 1. The molecule has 1 aromatic heterocycles. The van der Waals surface area contributed by atoms with Crippen molar-refractivity contribution in [3.63, 3.8) is 0 Å². The van der Waals surface area contributed by atoms with E-state index >= 15 is 0 Å². The van der Waals surface area contributed by atoms with Gasteiger partial charge in [0.25, 0.3) is 10.0 Å². The molecule has 2 heterocycles. The van der Waals surface area contributed by atoms with E-state index in [1.54, 1.807) is 29.6 Å². The van der Waals surface area contributed by atoms with Crippen LogP contribution in [0, 0.1) is 0 Å². The number of hydrogen-bond acceptors (Lipinski definition) is 5. The Balaban J connectivity index is 1.89. The van der Waals surface area contributed by atoms with Crippen LogP contribution in [-0.2, 0) is 20.0 Å². The lowest BCUT2D eigenvalue weighted by molar-refractivity contribution is 0.599. The van der Waals surface area contributed by atoms with Gasteiger partial charge in [0.05, 0.1) is 17.1 Å². The van der Waals surface area contributed by atoms with Gasteiger partial charge in [0.1, 0.15) is 4.21 Å². The normalized spacial score (nSPS) is 17.5. The number of thiophene rings is 1. The topological polar surface area (TPSA) is 83.6 Å². The summed E-state index contributed by atoms with van der Waals surface area (Å²) < 4.78 is 52.3. The SMILES string of the molecule is O=S(=O)(Nc1cccc(N2CCCS2(=O)=O)c1)c1cccs1.